The van der Waals surface area contributed by atoms with E-state index in [1.165, 1.54) is 16.7 Å². The third-order valence-corrected chi connectivity index (χ3v) is 3.72. The van der Waals surface area contributed by atoms with Crippen molar-refractivity contribution in [1.82, 2.24) is 10.3 Å². The molecule has 0 saturated heterocycles. The Balaban J connectivity index is 2.19. The summed E-state index contributed by atoms with van der Waals surface area (Å²) in [5, 5.41) is 3.64. The normalized spacial score (nSPS) is 12.3. The van der Waals surface area contributed by atoms with E-state index in [0.29, 0.717) is 6.04 Å². The fourth-order valence-electron chi connectivity index (χ4n) is 2.32. The van der Waals surface area contributed by atoms with Crippen LogP contribution in [0.4, 0.5) is 0 Å². The van der Waals surface area contributed by atoms with E-state index in [9.17, 15) is 0 Å². The van der Waals surface area contributed by atoms with Crippen LogP contribution in [0.3, 0.4) is 0 Å². The zero-order valence-corrected chi connectivity index (χ0v) is 13.7. The summed E-state index contributed by atoms with van der Waals surface area (Å²) in [7, 11) is 0. The Kier molecular flexibility index (Phi) is 5.74. The number of pyridine rings is 1. The fourth-order valence-corrected chi connectivity index (χ4v) is 2.73. The number of aromatic nitrogens is 1. The van der Waals surface area contributed by atoms with Crippen LogP contribution in [0, 0.1) is 6.92 Å². The Hall–Kier alpha value is -1.19. The molecule has 0 radical (unpaired) electrons. The van der Waals surface area contributed by atoms with Gasteiger partial charge in [0.05, 0.1) is 0 Å². The molecule has 2 rings (SSSR count). The lowest BCUT2D eigenvalue weighted by atomic mass is 9.98. The Bertz CT molecular complexity index is 554. The van der Waals surface area contributed by atoms with E-state index in [0.717, 1.165) is 23.9 Å². The van der Waals surface area contributed by atoms with Gasteiger partial charge in [-0.3, -0.25) is 4.98 Å². The molecule has 1 unspecified atom stereocenters. The number of rotatable bonds is 6. The Morgan fingerprint density at radius 3 is 2.80 bits per heavy atom. The van der Waals surface area contributed by atoms with Crippen molar-refractivity contribution in [1.29, 1.82) is 0 Å². The number of nitrogens with zero attached hydrogens (tertiary/aromatic N) is 1. The minimum Gasteiger partial charge on any atom is -0.310 e. The maximum absolute atomic E-state index is 4.25. The quantitative estimate of drug-likeness (QED) is 0.846. The average molecular weight is 333 g/mol. The van der Waals surface area contributed by atoms with Crippen molar-refractivity contribution in [3.63, 3.8) is 0 Å². The van der Waals surface area contributed by atoms with Gasteiger partial charge in [0.1, 0.15) is 0 Å². The number of hydrogen-bond donors (Lipinski definition) is 1. The van der Waals surface area contributed by atoms with E-state index in [1.54, 1.807) is 0 Å². The van der Waals surface area contributed by atoms with E-state index in [1.807, 2.05) is 12.4 Å². The van der Waals surface area contributed by atoms with Gasteiger partial charge in [-0.2, -0.15) is 0 Å². The van der Waals surface area contributed by atoms with Crippen LogP contribution in [0.2, 0.25) is 0 Å². The molecule has 0 aliphatic heterocycles. The monoisotopic (exact) mass is 332 g/mol. The topological polar surface area (TPSA) is 24.9 Å². The standard InChI is InChI=1S/C17H21BrN2/c1-3-7-20-17(15-6-4-5-13(2)8-15)10-14-9-16(18)12-19-11-14/h4-6,8-9,11-12,17,20H,3,7,10H2,1-2H3. The van der Waals surface area contributed by atoms with E-state index in [4.69, 9.17) is 0 Å². The minimum atomic E-state index is 0.339. The van der Waals surface area contributed by atoms with E-state index >= 15 is 0 Å². The van der Waals surface area contributed by atoms with Crippen LogP contribution in [0.15, 0.2) is 47.2 Å². The first-order valence-corrected chi connectivity index (χ1v) is 7.87. The molecule has 1 atom stereocenters. The first kappa shape index (κ1) is 15.2. The molecule has 3 heteroatoms. The smallest absolute Gasteiger partial charge is 0.0410 e. The molecule has 106 valence electrons. The molecule has 1 heterocycles. The zero-order chi connectivity index (χ0) is 14.4. The molecule has 2 nitrogen and oxygen atoms in total. The molecular weight excluding hydrogens is 312 g/mol. The molecule has 0 fully saturated rings. The van der Waals surface area contributed by atoms with E-state index in [-0.39, 0.29) is 0 Å². The van der Waals surface area contributed by atoms with Gasteiger partial charge in [0.25, 0.3) is 0 Å². The molecule has 20 heavy (non-hydrogen) atoms. The van der Waals surface area contributed by atoms with Crippen LogP contribution >= 0.6 is 15.9 Å². The van der Waals surface area contributed by atoms with Gasteiger partial charge in [0.2, 0.25) is 0 Å². The number of nitrogens with one attached hydrogen (secondary N) is 1. The van der Waals surface area contributed by atoms with Crippen LogP contribution in [0.5, 0.6) is 0 Å². The number of aryl methyl sites for hydroxylation is 1. The number of hydrogen-bond acceptors (Lipinski definition) is 2. The first-order valence-electron chi connectivity index (χ1n) is 7.08. The molecule has 0 amide bonds. The SMILES string of the molecule is CCCNC(Cc1cncc(Br)c1)c1cccc(C)c1. The van der Waals surface area contributed by atoms with Gasteiger partial charge in [-0.15, -0.1) is 0 Å². The van der Waals surface area contributed by atoms with Crippen LogP contribution in [0.25, 0.3) is 0 Å². The molecule has 1 aromatic heterocycles. The Morgan fingerprint density at radius 2 is 2.10 bits per heavy atom. The van der Waals surface area contributed by atoms with Gasteiger partial charge in [0, 0.05) is 22.9 Å². The second-order valence-corrected chi connectivity index (χ2v) is 6.05. The van der Waals surface area contributed by atoms with Crippen LogP contribution in [-0.4, -0.2) is 11.5 Å². The van der Waals surface area contributed by atoms with Crippen molar-refractivity contribution in [3.05, 3.63) is 63.9 Å². The molecule has 2 aromatic rings. The molecule has 1 N–H and O–H groups in total. The summed E-state index contributed by atoms with van der Waals surface area (Å²) < 4.78 is 1.04. The third kappa shape index (κ3) is 4.43. The van der Waals surface area contributed by atoms with Crippen molar-refractivity contribution in [2.45, 2.75) is 32.7 Å². The van der Waals surface area contributed by atoms with Gasteiger partial charge in [0.15, 0.2) is 0 Å². The minimum absolute atomic E-state index is 0.339. The summed E-state index contributed by atoms with van der Waals surface area (Å²) in [5.74, 6) is 0. The van der Waals surface area contributed by atoms with Gasteiger partial charge in [-0.1, -0.05) is 36.8 Å². The van der Waals surface area contributed by atoms with Crippen molar-refractivity contribution in [2.24, 2.45) is 0 Å². The molecule has 0 aliphatic rings. The van der Waals surface area contributed by atoms with Gasteiger partial charge in [-0.05, 0) is 59.4 Å². The van der Waals surface area contributed by atoms with Crippen molar-refractivity contribution >= 4 is 15.9 Å². The van der Waals surface area contributed by atoms with Gasteiger partial charge in [-0.25, -0.2) is 0 Å². The highest BCUT2D eigenvalue weighted by molar-refractivity contribution is 9.10. The lowest BCUT2D eigenvalue weighted by Gasteiger charge is -2.19. The van der Waals surface area contributed by atoms with E-state index in [2.05, 4.69) is 70.4 Å². The zero-order valence-electron chi connectivity index (χ0n) is 12.1. The molecule has 0 saturated carbocycles. The molecule has 0 aliphatic carbocycles. The Labute approximate surface area is 129 Å². The van der Waals surface area contributed by atoms with Crippen molar-refractivity contribution < 1.29 is 0 Å². The van der Waals surface area contributed by atoms with Crippen LogP contribution in [0.1, 0.15) is 36.1 Å². The van der Waals surface area contributed by atoms with Crippen molar-refractivity contribution in [3.8, 4) is 0 Å². The summed E-state index contributed by atoms with van der Waals surface area (Å²) in [6, 6.07) is 11.2. The summed E-state index contributed by atoms with van der Waals surface area (Å²) >= 11 is 3.49. The Morgan fingerprint density at radius 1 is 1.25 bits per heavy atom. The summed E-state index contributed by atoms with van der Waals surface area (Å²) in [5.41, 5.74) is 3.89. The highest BCUT2D eigenvalue weighted by Crippen LogP contribution is 2.21. The lowest BCUT2D eigenvalue weighted by molar-refractivity contribution is 0.528. The van der Waals surface area contributed by atoms with Crippen molar-refractivity contribution in [2.75, 3.05) is 6.54 Å². The van der Waals surface area contributed by atoms with Gasteiger partial charge >= 0.3 is 0 Å². The van der Waals surface area contributed by atoms with Gasteiger partial charge < -0.3 is 5.32 Å². The lowest BCUT2D eigenvalue weighted by Crippen LogP contribution is -2.24. The predicted octanol–water partition coefficient (Wildman–Crippen LogP) is 4.44. The molecule has 0 bridgehead atoms. The van der Waals surface area contributed by atoms with Crippen LogP contribution in [-0.2, 0) is 6.42 Å². The predicted molar refractivity (Wildman–Crippen MR) is 87.9 cm³/mol. The van der Waals surface area contributed by atoms with E-state index < -0.39 is 0 Å². The summed E-state index contributed by atoms with van der Waals surface area (Å²) in [6.45, 7) is 5.36. The molecule has 1 aromatic carbocycles. The highest BCUT2D eigenvalue weighted by Gasteiger charge is 2.12. The summed E-state index contributed by atoms with van der Waals surface area (Å²) in [4.78, 5) is 4.25. The van der Waals surface area contributed by atoms with Crippen LogP contribution < -0.4 is 5.32 Å². The first-order chi connectivity index (χ1) is 9.69. The fraction of sp³-hybridized carbons (Fsp3) is 0.353. The third-order valence-electron chi connectivity index (χ3n) is 3.29. The molecular formula is C17H21BrN2. The molecule has 0 spiro atoms. The maximum Gasteiger partial charge on any atom is 0.0410 e. The average Bonchev–Trinajstić information content (AvgIpc) is 2.43. The maximum atomic E-state index is 4.25. The number of halogens is 1. The second-order valence-electron chi connectivity index (χ2n) is 5.14. The largest absolute Gasteiger partial charge is 0.310 e. The highest BCUT2D eigenvalue weighted by atomic mass is 79.9. The second kappa shape index (κ2) is 7.55. The number of benzene rings is 1. The summed E-state index contributed by atoms with van der Waals surface area (Å²) in [6.07, 6.45) is 5.86.